The van der Waals surface area contributed by atoms with Gasteiger partial charge in [-0.15, -0.1) is 0 Å². The van der Waals surface area contributed by atoms with Gasteiger partial charge in [-0.3, -0.25) is 0 Å². The Balaban J connectivity index is 2.36. The number of aliphatic hydroxyl groups excluding tert-OH is 1. The van der Waals surface area contributed by atoms with Crippen molar-refractivity contribution >= 4 is 0 Å². The summed E-state index contributed by atoms with van der Waals surface area (Å²) < 4.78 is 10.9. The van der Waals surface area contributed by atoms with Gasteiger partial charge < -0.3 is 14.4 Å². The Morgan fingerprint density at radius 1 is 1.35 bits per heavy atom. The maximum absolute atomic E-state index is 8.96. The molecule has 90 valence electrons. The molecule has 0 atom stereocenters. The third-order valence-corrected chi connectivity index (χ3v) is 2.24. The fraction of sp³-hybridized carbons (Fsp3) is 0.308. The van der Waals surface area contributed by atoms with Crippen LogP contribution in [0, 0.1) is 0 Å². The molecule has 17 heavy (non-hydrogen) atoms. The number of nitrogens with zero attached hydrogens (tertiary/aromatic N) is 1. The van der Waals surface area contributed by atoms with Crippen LogP contribution in [0.15, 0.2) is 34.9 Å². The predicted octanol–water partition coefficient (Wildman–Crippen LogP) is 2.62. The van der Waals surface area contributed by atoms with Gasteiger partial charge in [-0.25, -0.2) is 0 Å². The average Bonchev–Trinajstić information content (AvgIpc) is 2.77. The number of ether oxygens (including phenoxy) is 1. The SMILES string of the molecule is CC(C)Oc1ccccc1-c1cc(CO)no1. The summed E-state index contributed by atoms with van der Waals surface area (Å²) in [7, 11) is 0. The number of hydrogen-bond donors (Lipinski definition) is 1. The fourth-order valence-electron chi connectivity index (χ4n) is 1.54. The zero-order chi connectivity index (χ0) is 12.3. The summed E-state index contributed by atoms with van der Waals surface area (Å²) in [6, 6.07) is 9.31. The molecule has 0 bridgehead atoms. The summed E-state index contributed by atoms with van der Waals surface area (Å²) in [5, 5.41) is 12.7. The van der Waals surface area contributed by atoms with Gasteiger partial charge in [-0.1, -0.05) is 17.3 Å². The fourth-order valence-corrected chi connectivity index (χ4v) is 1.54. The second-order valence-corrected chi connectivity index (χ2v) is 4.00. The highest BCUT2D eigenvalue weighted by molar-refractivity contribution is 5.65. The van der Waals surface area contributed by atoms with Crippen molar-refractivity contribution in [3.8, 4) is 17.1 Å². The molecule has 2 aromatic rings. The topological polar surface area (TPSA) is 55.5 Å². The molecule has 4 heteroatoms. The van der Waals surface area contributed by atoms with Crippen molar-refractivity contribution in [2.45, 2.75) is 26.6 Å². The van der Waals surface area contributed by atoms with Gasteiger partial charge in [-0.05, 0) is 26.0 Å². The first-order valence-electron chi connectivity index (χ1n) is 5.53. The molecule has 4 nitrogen and oxygen atoms in total. The molecule has 1 N–H and O–H groups in total. The van der Waals surface area contributed by atoms with E-state index >= 15 is 0 Å². The predicted molar refractivity (Wildman–Crippen MR) is 63.6 cm³/mol. The minimum Gasteiger partial charge on any atom is -0.490 e. The van der Waals surface area contributed by atoms with E-state index in [4.69, 9.17) is 14.4 Å². The third kappa shape index (κ3) is 2.65. The van der Waals surface area contributed by atoms with Crippen molar-refractivity contribution in [1.82, 2.24) is 5.16 Å². The molecular weight excluding hydrogens is 218 g/mol. The molecular formula is C13H15NO3. The van der Waals surface area contributed by atoms with E-state index in [1.807, 2.05) is 38.1 Å². The van der Waals surface area contributed by atoms with E-state index < -0.39 is 0 Å². The summed E-state index contributed by atoms with van der Waals surface area (Å²) in [5.41, 5.74) is 1.35. The van der Waals surface area contributed by atoms with Crippen molar-refractivity contribution in [3.63, 3.8) is 0 Å². The van der Waals surface area contributed by atoms with Crippen LogP contribution in [0.1, 0.15) is 19.5 Å². The molecule has 1 aromatic heterocycles. The Labute approximate surface area is 99.8 Å². The van der Waals surface area contributed by atoms with E-state index in [1.54, 1.807) is 6.07 Å². The first-order chi connectivity index (χ1) is 8.20. The summed E-state index contributed by atoms with van der Waals surface area (Å²) in [6.07, 6.45) is 0.0939. The molecule has 0 saturated carbocycles. The summed E-state index contributed by atoms with van der Waals surface area (Å²) in [5.74, 6) is 1.36. The van der Waals surface area contributed by atoms with Crippen molar-refractivity contribution in [3.05, 3.63) is 36.0 Å². The maximum Gasteiger partial charge on any atom is 0.170 e. The number of benzene rings is 1. The van der Waals surface area contributed by atoms with Gasteiger partial charge in [0, 0.05) is 6.07 Å². The van der Waals surface area contributed by atoms with Crippen molar-refractivity contribution in [2.24, 2.45) is 0 Å². The lowest BCUT2D eigenvalue weighted by molar-refractivity contribution is 0.242. The first kappa shape index (κ1) is 11.7. The Morgan fingerprint density at radius 3 is 2.76 bits per heavy atom. The lowest BCUT2D eigenvalue weighted by Crippen LogP contribution is -2.06. The standard InChI is InChI=1S/C13H15NO3/c1-9(2)16-12-6-4-3-5-11(12)13-7-10(8-15)14-17-13/h3-7,9,15H,8H2,1-2H3. The molecule has 0 aliphatic rings. The Bertz CT molecular complexity index is 491. The molecule has 0 saturated heterocycles. The van der Waals surface area contributed by atoms with Crippen LogP contribution in [-0.4, -0.2) is 16.4 Å². The van der Waals surface area contributed by atoms with E-state index in [1.165, 1.54) is 0 Å². The van der Waals surface area contributed by atoms with Gasteiger partial charge in [0.05, 0.1) is 18.3 Å². The highest BCUT2D eigenvalue weighted by atomic mass is 16.5. The molecule has 0 fully saturated rings. The van der Waals surface area contributed by atoms with Gasteiger partial charge in [0.25, 0.3) is 0 Å². The molecule has 0 amide bonds. The van der Waals surface area contributed by atoms with Gasteiger partial charge in [0.2, 0.25) is 0 Å². The second kappa shape index (κ2) is 5.01. The van der Waals surface area contributed by atoms with Crippen LogP contribution in [0.25, 0.3) is 11.3 Å². The van der Waals surface area contributed by atoms with Crippen molar-refractivity contribution in [2.75, 3.05) is 0 Å². The van der Waals surface area contributed by atoms with Crippen LogP contribution >= 0.6 is 0 Å². The van der Waals surface area contributed by atoms with E-state index in [-0.39, 0.29) is 12.7 Å². The molecule has 0 spiro atoms. The van der Waals surface area contributed by atoms with E-state index in [0.29, 0.717) is 11.5 Å². The smallest absolute Gasteiger partial charge is 0.170 e. The summed E-state index contributed by atoms with van der Waals surface area (Å²) >= 11 is 0. The van der Waals surface area contributed by atoms with Crippen LogP contribution in [0.3, 0.4) is 0 Å². The van der Waals surface area contributed by atoms with Crippen LogP contribution in [-0.2, 0) is 6.61 Å². The maximum atomic E-state index is 8.96. The lowest BCUT2D eigenvalue weighted by atomic mass is 10.1. The molecule has 0 aliphatic carbocycles. The molecule has 0 radical (unpaired) electrons. The number of para-hydroxylation sites is 1. The number of hydrogen-bond acceptors (Lipinski definition) is 4. The van der Waals surface area contributed by atoms with Gasteiger partial charge >= 0.3 is 0 Å². The van der Waals surface area contributed by atoms with E-state index in [0.717, 1.165) is 11.3 Å². The van der Waals surface area contributed by atoms with Crippen molar-refractivity contribution < 1.29 is 14.4 Å². The highest BCUT2D eigenvalue weighted by Crippen LogP contribution is 2.30. The Kier molecular flexibility index (Phi) is 3.44. The summed E-state index contributed by atoms with van der Waals surface area (Å²) in [4.78, 5) is 0. The van der Waals surface area contributed by atoms with E-state index in [2.05, 4.69) is 5.16 Å². The van der Waals surface area contributed by atoms with Gasteiger partial charge in [0.15, 0.2) is 5.76 Å². The van der Waals surface area contributed by atoms with Crippen LogP contribution < -0.4 is 4.74 Å². The minimum atomic E-state index is -0.128. The van der Waals surface area contributed by atoms with Crippen LogP contribution in [0.2, 0.25) is 0 Å². The Hall–Kier alpha value is -1.81. The molecule has 0 aliphatic heterocycles. The summed E-state index contributed by atoms with van der Waals surface area (Å²) in [6.45, 7) is 3.81. The normalized spacial score (nSPS) is 10.8. The average molecular weight is 233 g/mol. The first-order valence-corrected chi connectivity index (χ1v) is 5.53. The Morgan fingerprint density at radius 2 is 2.12 bits per heavy atom. The second-order valence-electron chi connectivity index (χ2n) is 4.00. The zero-order valence-corrected chi connectivity index (χ0v) is 9.88. The quantitative estimate of drug-likeness (QED) is 0.882. The minimum absolute atomic E-state index is 0.0939. The zero-order valence-electron chi connectivity index (χ0n) is 9.88. The number of aliphatic hydroxyl groups is 1. The monoisotopic (exact) mass is 233 g/mol. The third-order valence-electron chi connectivity index (χ3n) is 2.24. The van der Waals surface area contributed by atoms with Crippen molar-refractivity contribution in [1.29, 1.82) is 0 Å². The molecule has 2 rings (SSSR count). The van der Waals surface area contributed by atoms with Crippen LogP contribution in [0.5, 0.6) is 5.75 Å². The van der Waals surface area contributed by atoms with Gasteiger partial charge in [0.1, 0.15) is 11.4 Å². The molecule has 0 unspecified atom stereocenters. The largest absolute Gasteiger partial charge is 0.490 e. The van der Waals surface area contributed by atoms with Crippen LogP contribution in [0.4, 0.5) is 0 Å². The number of rotatable bonds is 4. The number of aromatic nitrogens is 1. The lowest BCUT2D eigenvalue weighted by Gasteiger charge is -2.12. The van der Waals surface area contributed by atoms with E-state index in [9.17, 15) is 0 Å². The molecule has 1 aromatic carbocycles. The highest BCUT2D eigenvalue weighted by Gasteiger charge is 2.12. The molecule has 1 heterocycles. The van der Waals surface area contributed by atoms with Gasteiger partial charge in [-0.2, -0.15) is 0 Å².